The van der Waals surface area contributed by atoms with Crippen LogP contribution in [-0.4, -0.2) is 57.3 Å². The SMILES string of the molecule is c1ccc(-c2nc(-c3ccc(-n4c5ccccc5c5cc6c(ccn6-c6ccccc6)cc54)cc3)nc3ccccc23)cc1.c1ccc(-n2ccc3cc4c(cc32)c2ccccc2n4-c2ccc(-c3ncc4ccccc4n3)cc2)cc1.c1ccc(-n2ccc3cc4c(cc32)c2ccccc2n4-c2nc(-c3ccc(-c4ccc5ccccc5c4)cc3)c3ccccc3n2)cc1. The number of hydrogen-bond acceptors (Lipinski definition) is 6. The van der Waals surface area contributed by atoms with E-state index < -0.39 is 0 Å². The fourth-order valence-electron chi connectivity index (χ4n) is 19.2. The first-order chi connectivity index (χ1) is 64.4. The molecular weight excluding hydrogens is 1590 g/mol. The maximum Gasteiger partial charge on any atom is 0.235 e. The Morgan fingerprint density at radius 1 is 0.169 bits per heavy atom. The summed E-state index contributed by atoms with van der Waals surface area (Å²) in [5.41, 5.74) is 27.4. The maximum atomic E-state index is 5.34. The van der Waals surface area contributed by atoms with Crippen LogP contribution in [0.1, 0.15) is 0 Å². The van der Waals surface area contributed by atoms with E-state index in [1.54, 1.807) is 0 Å². The summed E-state index contributed by atoms with van der Waals surface area (Å²) >= 11 is 0. The summed E-state index contributed by atoms with van der Waals surface area (Å²) in [6.07, 6.45) is 8.36. The van der Waals surface area contributed by atoms with Gasteiger partial charge in [0, 0.05) is 140 Å². The summed E-state index contributed by atoms with van der Waals surface area (Å²) in [6.45, 7) is 0. The summed E-state index contributed by atoms with van der Waals surface area (Å²) < 4.78 is 13.7. The van der Waals surface area contributed by atoms with E-state index in [0.717, 1.165) is 117 Å². The summed E-state index contributed by atoms with van der Waals surface area (Å²) in [7, 11) is 0. The molecule has 0 aliphatic rings. The van der Waals surface area contributed by atoms with E-state index in [0.29, 0.717) is 5.95 Å². The van der Waals surface area contributed by atoms with Crippen molar-refractivity contribution in [1.29, 1.82) is 0 Å². The lowest BCUT2D eigenvalue weighted by Gasteiger charge is -2.12. The minimum Gasteiger partial charge on any atom is -0.317 e. The first kappa shape index (κ1) is 74.8. The molecule has 0 bridgehead atoms. The summed E-state index contributed by atoms with van der Waals surface area (Å²) in [4.78, 5) is 29.9. The number of hydrogen-bond donors (Lipinski definition) is 0. The van der Waals surface area contributed by atoms with Gasteiger partial charge in [0.2, 0.25) is 5.95 Å². The van der Waals surface area contributed by atoms with Crippen molar-refractivity contribution in [2.45, 2.75) is 0 Å². The maximum absolute atomic E-state index is 5.34. The van der Waals surface area contributed by atoms with E-state index in [-0.39, 0.29) is 0 Å². The molecule has 0 N–H and O–H groups in total. The third-order valence-electron chi connectivity index (χ3n) is 25.5. The quantitative estimate of drug-likeness (QED) is 0.128. The fraction of sp³-hybridized carbons (Fsp3) is 0. The van der Waals surface area contributed by atoms with Crippen molar-refractivity contribution >= 4 is 142 Å². The van der Waals surface area contributed by atoms with Crippen molar-refractivity contribution in [3.05, 3.63) is 462 Å². The first-order valence-corrected chi connectivity index (χ1v) is 43.9. The molecule has 0 aliphatic heterocycles. The summed E-state index contributed by atoms with van der Waals surface area (Å²) in [5.74, 6) is 2.12. The Kier molecular flexibility index (Phi) is 18.0. The minimum atomic E-state index is 0.662. The Morgan fingerprint density at radius 2 is 0.531 bits per heavy atom. The van der Waals surface area contributed by atoms with Gasteiger partial charge in [-0.2, -0.15) is 0 Å². The van der Waals surface area contributed by atoms with Gasteiger partial charge in [0.05, 0.1) is 77.6 Å². The van der Waals surface area contributed by atoms with Crippen molar-refractivity contribution in [1.82, 2.24) is 57.3 Å². The summed E-state index contributed by atoms with van der Waals surface area (Å²) in [6, 6.07) is 154. The largest absolute Gasteiger partial charge is 0.317 e. The predicted molar refractivity (Wildman–Crippen MR) is 537 cm³/mol. The molecule has 27 aromatic rings. The van der Waals surface area contributed by atoms with Gasteiger partial charge >= 0.3 is 0 Å². The van der Waals surface area contributed by atoms with Crippen LogP contribution >= 0.6 is 0 Å². The molecule has 12 nitrogen and oxygen atoms in total. The molecule has 130 heavy (non-hydrogen) atoms. The number of benzene rings is 18. The molecule has 18 aromatic carbocycles. The highest BCUT2D eigenvalue weighted by Gasteiger charge is 2.23. The van der Waals surface area contributed by atoms with Gasteiger partial charge in [0.25, 0.3) is 0 Å². The van der Waals surface area contributed by atoms with Crippen LogP contribution in [-0.2, 0) is 0 Å². The van der Waals surface area contributed by atoms with E-state index in [1.165, 1.54) is 109 Å². The van der Waals surface area contributed by atoms with Gasteiger partial charge in [0.15, 0.2) is 11.6 Å². The van der Waals surface area contributed by atoms with Crippen LogP contribution in [0.2, 0.25) is 0 Å². The average Bonchev–Trinajstić information content (AvgIpc) is 1.58. The Labute approximate surface area is 746 Å². The van der Waals surface area contributed by atoms with E-state index in [4.69, 9.17) is 24.9 Å². The number of rotatable bonds is 11. The monoisotopic (exact) mass is 1660 g/mol. The minimum absolute atomic E-state index is 0.662. The molecular formula is C118H76N12. The van der Waals surface area contributed by atoms with Gasteiger partial charge in [-0.25, -0.2) is 29.9 Å². The number of nitrogens with zero attached hydrogens (tertiary/aromatic N) is 12. The second kappa shape index (κ2) is 31.2. The molecule has 0 unspecified atom stereocenters. The highest BCUT2D eigenvalue weighted by atomic mass is 15.2. The molecule has 12 heteroatoms. The molecule has 0 saturated heterocycles. The fourth-order valence-corrected chi connectivity index (χ4v) is 19.2. The lowest BCUT2D eigenvalue weighted by molar-refractivity contribution is 1.01. The highest BCUT2D eigenvalue weighted by Crippen LogP contribution is 2.43. The smallest absolute Gasteiger partial charge is 0.235 e. The van der Waals surface area contributed by atoms with E-state index in [2.05, 4.69) is 439 Å². The van der Waals surface area contributed by atoms with Gasteiger partial charge in [0.1, 0.15) is 0 Å². The van der Waals surface area contributed by atoms with E-state index in [9.17, 15) is 0 Å². The molecule has 0 saturated carbocycles. The van der Waals surface area contributed by atoms with Crippen LogP contribution in [0.3, 0.4) is 0 Å². The van der Waals surface area contributed by atoms with Crippen LogP contribution in [0.15, 0.2) is 462 Å². The standard InChI is InChI=1S/C44H28N4.C40H26N4.C34H22N4/c1-2-12-35(13-3-1)47-25-24-34-27-42-38(28-41(34)47)36-14-7-9-17-40(36)48(42)44-45-39-16-8-6-15-37(39)43(46-44)31-21-18-30(19-22-31)33-23-20-29-10-4-5-11-32(29)26-33;1-3-11-27(12-4-1)39-33-16-7-9-17-35(33)41-40(42-39)28-19-21-31(22-20-28)44-36-18-10-8-15-32(36)34-26-37-29(25-38(34)44)23-24-43(37)30-13-5-2-6-14-30;1-2-9-26(10-3-1)37-19-18-24-20-33-29(21-32(24)37)28-11-5-7-13-31(28)38(33)27-16-14-23(15-17-27)34-35-22-25-8-4-6-12-30(25)36-34/h1-28H;1-26H;1-22H. The zero-order valence-electron chi connectivity index (χ0n) is 70.2. The van der Waals surface area contributed by atoms with E-state index in [1.807, 2.05) is 54.7 Å². The number of para-hydroxylation sites is 9. The molecule has 0 radical (unpaired) electrons. The molecule has 0 atom stereocenters. The third-order valence-corrected chi connectivity index (χ3v) is 25.5. The Morgan fingerprint density at radius 3 is 1.04 bits per heavy atom. The molecule has 0 aliphatic carbocycles. The zero-order valence-corrected chi connectivity index (χ0v) is 70.2. The van der Waals surface area contributed by atoms with Crippen LogP contribution in [0.25, 0.3) is 232 Å². The van der Waals surface area contributed by atoms with Crippen molar-refractivity contribution in [2.75, 3.05) is 0 Å². The third kappa shape index (κ3) is 13.0. The van der Waals surface area contributed by atoms with E-state index >= 15 is 0 Å². The highest BCUT2D eigenvalue weighted by molar-refractivity contribution is 6.16. The Hall–Kier alpha value is -17.7. The molecule has 0 spiro atoms. The lowest BCUT2D eigenvalue weighted by atomic mass is 9.99. The van der Waals surface area contributed by atoms with Crippen LogP contribution in [0, 0.1) is 0 Å². The molecule has 9 aromatic heterocycles. The Balaban J connectivity index is 0.000000106. The number of fused-ring (bicyclic) bond motifs is 16. The summed E-state index contributed by atoms with van der Waals surface area (Å²) in [5, 5.41) is 16.5. The van der Waals surface area contributed by atoms with Crippen LogP contribution < -0.4 is 0 Å². The second-order valence-electron chi connectivity index (χ2n) is 33.1. The second-order valence-corrected chi connectivity index (χ2v) is 33.1. The Bertz CT molecular complexity index is 9080. The van der Waals surface area contributed by atoms with Crippen LogP contribution in [0.5, 0.6) is 0 Å². The van der Waals surface area contributed by atoms with Crippen molar-refractivity contribution < 1.29 is 0 Å². The van der Waals surface area contributed by atoms with Crippen LogP contribution in [0.4, 0.5) is 0 Å². The van der Waals surface area contributed by atoms with Crippen molar-refractivity contribution in [3.63, 3.8) is 0 Å². The molecule has 9 heterocycles. The molecule has 27 rings (SSSR count). The first-order valence-electron chi connectivity index (χ1n) is 43.9. The zero-order chi connectivity index (χ0) is 85.7. The van der Waals surface area contributed by atoms with Gasteiger partial charge in [-0.05, 0) is 204 Å². The average molecular weight is 1660 g/mol. The van der Waals surface area contributed by atoms with Gasteiger partial charge in [-0.15, -0.1) is 0 Å². The lowest BCUT2D eigenvalue weighted by Crippen LogP contribution is -2.03. The molecule has 0 amide bonds. The van der Waals surface area contributed by atoms with Crippen molar-refractivity contribution in [3.8, 4) is 90.8 Å². The van der Waals surface area contributed by atoms with Crippen molar-refractivity contribution in [2.24, 2.45) is 0 Å². The molecule has 608 valence electrons. The number of aromatic nitrogens is 12. The van der Waals surface area contributed by atoms with Gasteiger partial charge < -0.3 is 22.8 Å². The van der Waals surface area contributed by atoms with Gasteiger partial charge in [-0.1, -0.05) is 255 Å². The van der Waals surface area contributed by atoms with Gasteiger partial charge in [-0.3, -0.25) is 4.57 Å². The normalized spacial score (nSPS) is 11.7. The molecule has 0 fully saturated rings. The predicted octanol–water partition coefficient (Wildman–Crippen LogP) is 29.5. The topological polar surface area (TPSA) is 107 Å².